The summed E-state index contributed by atoms with van der Waals surface area (Å²) >= 11 is 0. The number of methoxy groups -OCH3 is 1. The molecule has 12 heavy (non-hydrogen) atoms. The van der Waals surface area contributed by atoms with E-state index in [0.717, 1.165) is 6.61 Å². The van der Waals surface area contributed by atoms with Crippen molar-refractivity contribution in [1.82, 2.24) is 0 Å². The quantitative estimate of drug-likeness (QED) is 0.623. The molecule has 1 heteroatoms. The lowest BCUT2D eigenvalue weighted by atomic mass is 10.2. The summed E-state index contributed by atoms with van der Waals surface area (Å²) in [6, 6.07) is 8.45. The second kappa shape index (κ2) is 6.86. The lowest BCUT2D eigenvalue weighted by molar-refractivity contribution is 0.215. The second-order valence-corrected chi connectivity index (χ2v) is 2.74. The maximum absolute atomic E-state index is 4.54. The van der Waals surface area contributed by atoms with Gasteiger partial charge in [0.2, 0.25) is 0 Å². The van der Waals surface area contributed by atoms with E-state index in [9.17, 15) is 0 Å². The third-order valence-electron chi connectivity index (χ3n) is 1.46. The molecule has 0 spiro atoms. The maximum Gasteiger partial charge on any atom is 0.0433 e. The number of hydrogen-bond donors (Lipinski definition) is 0. The van der Waals surface area contributed by atoms with Gasteiger partial charge in [0.25, 0.3) is 0 Å². The van der Waals surface area contributed by atoms with Crippen LogP contribution in [0, 0.1) is 13.8 Å². The molecule has 0 heterocycles. The van der Waals surface area contributed by atoms with Gasteiger partial charge in [0.05, 0.1) is 0 Å². The zero-order chi connectivity index (χ0) is 9.40. The zero-order valence-corrected chi connectivity index (χ0v) is 8.42. The molecule has 0 aliphatic heterocycles. The molecule has 0 amide bonds. The first-order valence-corrected chi connectivity index (χ1v) is 4.23. The highest BCUT2D eigenvalue weighted by Crippen LogP contribution is 2.00. The van der Waals surface area contributed by atoms with Gasteiger partial charge in [-0.05, 0) is 20.8 Å². The second-order valence-electron chi connectivity index (χ2n) is 2.74. The van der Waals surface area contributed by atoms with Crippen molar-refractivity contribution in [3.8, 4) is 0 Å². The van der Waals surface area contributed by atoms with Gasteiger partial charge in [-0.1, -0.05) is 35.4 Å². The van der Waals surface area contributed by atoms with Crippen LogP contribution >= 0.6 is 0 Å². The van der Waals surface area contributed by atoms with Gasteiger partial charge >= 0.3 is 0 Å². The van der Waals surface area contributed by atoms with Crippen molar-refractivity contribution >= 4 is 0 Å². The topological polar surface area (TPSA) is 9.23 Å². The monoisotopic (exact) mass is 166 g/mol. The van der Waals surface area contributed by atoms with E-state index in [1.807, 2.05) is 6.92 Å². The summed E-state index contributed by atoms with van der Waals surface area (Å²) < 4.78 is 4.54. The van der Waals surface area contributed by atoms with Crippen LogP contribution in [0.2, 0.25) is 0 Å². The number of hydrogen-bond acceptors (Lipinski definition) is 1. The minimum Gasteiger partial charge on any atom is -0.385 e. The zero-order valence-electron chi connectivity index (χ0n) is 8.42. The summed E-state index contributed by atoms with van der Waals surface area (Å²) in [5.74, 6) is 0. The van der Waals surface area contributed by atoms with E-state index in [1.54, 1.807) is 7.11 Å². The van der Waals surface area contributed by atoms with Crippen molar-refractivity contribution in [3.63, 3.8) is 0 Å². The van der Waals surface area contributed by atoms with Crippen LogP contribution in [0.5, 0.6) is 0 Å². The van der Waals surface area contributed by atoms with Gasteiger partial charge < -0.3 is 4.74 Å². The Morgan fingerprint density at radius 1 is 1.17 bits per heavy atom. The van der Waals surface area contributed by atoms with Crippen LogP contribution in [-0.4, -0.2) is 13.7 Å². The van der Waals surface area contributed by atoms with E-state index in [-0.39, 0.29) is 0 Å². The molecule has 0 unspecified atom stereocenters. The average Bonchev–Trinajstić information content (AvgIpc) is 2.04. The van der Waals surface area contributed by atoms with Crippen LogP contribution in [0.4, 0.5) is 0 Å². The Hall–Kier alpha value is -0.820. The number of aryl methyl sites for hydroxylation is 2. The van der Waals surface area contributed by atoms with E-state index >= 15 is 0 Å². The van der Waals surface area contributed by atoms with E-state index in [1.165, 1.54) is 11.1 Å². The minimum absolute atomic E-state index is 0.819. The number of benzene rings is 1. The SMILES string of the molecule is CCOC.Cc1cccc(C)c1. The highest BCUT2D eigenvalue weighted by atomic mass is 16.5. The molecule has 1 aromatic rings. The first kappa shape index (κ1) is 11.2. The molecule has 0 fully saturated rings. The fraction of sp³-hybridized carbons (Fsp3) is 0.455. The third-order valence-corrected chi connectivity index (χ3v) is 1.46. The molecule has 0 atom stereocenters. The molecule has 0 N–H and O–H groups in total. The summed E-state index contributed by atoms with van der Waals surface area (Å²) in [5.41, 5.74) is 2.68. The summed E-state index contributed by atoms with van der Waals surface area (Å²) in [5, 5.41) is 0. The molecule has 1 aromatic carbocycles. The Bertz CT molecular complexity index is 187. The van der Waals surface area contributed by atoms with Crippen molar-refractivity contribution in [2.45, 2.75) is 20.8 Å². The molecule has 0 aliphatic carbocycles. The highest BCUT2D eigenvalue weighted by molar-refractivity contribution is 5.20. The number of rotatable bonds is 1. The molecule has 0 saturated heterocycles. The molecule has 0 bridgehead atoms. The predicted molar refractivity (Wildman–Crippen MR) is 53.5 cm³/mol. The normalized spacial score (nSPS) is 8.67. The molecule has 68 valence electrons. The Morgan fingerprint density at radius 2 is 1.58 bits per heavy atom. The van der Waals surface area contributed by atoms with Crippen molar-refractivity contribution < 1.29 is 4.74 Å². The van der Waals surface area contributed by atoms with Gasteiger partial charge in [0.1, 0.15) is 0 Å². The van der Waals surface area contributed by atoms with Gasteiger partial charge in [-0.25, -0.2) is 0 Å². The van der Waals surface area contributed by atoms with E-state index in [0.29, 0.717) is 0 Å². The summed E-state index contributed by atoms with van der Waals surface area (Å²) in [4.78, 5) is 0. The molecule has 0 radical (unpaired) electrons. The van der Waals surface area contributed by atoms with Crippen LogP contribution in [0.15, 0.2) is 24.3 Å². The predicted octanol–water partition coefficient (Wildman–Crippen LogP) is 2.96. The van der Waals surface area contributed by atoms with Crippen LogP contribution in [0.1, 0.15) is 18.1 Å². The first-order chi connectivity index (χ1) is 5.70. The molecule has 0 aromatic heterocycles. The van der Waals surface area contributed by atoms with Gasteiger partial charge in [0, 0.05) is 13.7 Å². The van der Waals surface area contributed by atoms with Crippen LogP contribution < -0.4 is 0 Å². The van der Waals surface area contributed by atoms with Crippen LogP contribution in [-0.2, 0) is 4.74 Å². The Balaban J connectivity index is 0.000000261. The van der Waals surface area contributed by atoms with Crippen molar-refractivity contribution in [2.75, 3.05) is 13.7 Å². The standard InChI is InChI=1S/C8H10.C3H8O/c1-7-4-3-5-8(2)6-7;1-3-4-2/h3-6H,1-2H3;3H2,1-2H3. The lowest BCUT2D eigenvalue weighted by Gasteiger charge is -1.90. The van der Waals surface area contributed by atoms with E-state index in [4.69, 9.17) is 0 Å². The van der Waals surface area contributed by atoms with Crippen LogP contribution in [0.3, 0.4) is 0 Å². The fourth-order valence-electron chi connectivity index (χ4n) is 0.807. The summed E-state index contributed by atoms with van der Waals surface area (Å²) in [6.07, 6.45) is 0. The van der Waals surface area contributed by atoms with E-state index < -0.39 is 0 Å². The Morgan fingerprint density at radius 3 is 1.75 bits per heavy atom. The molecular weight excluding hydrogens is 148 g/mol. The van der Waals surface area contributed by atoms with Crippen molar-refractivity contribution in [1.29, 1.82) is 0 Å². The van der Waals surface area contributed by atoms with Crippen LogP contribution in [0.25, 0.3) is 0 Å². The molecule has 1 rings (SSSR count). The van der Waals surface area contributed by atoms with Crippen molar-refractivity contribution in [2.24, 2.45) is 0 Å². The third kappa shape index (κ3) is 5.93. The molecule has 0 saturated carbocycles. The molecule has 1 nitrogen and oxygen atoms in total. The van der Waals surface area contributed by atoms with Gasteiger partial charge in [-0.2, -0.15) is 0 Å². The Labute approximate surface area is 75.4 Å². The minimum atomic E-state index is 0.819. The average molecular weight is 166 g/mol. The summed E-state index contributed by atoms with van der Waals surface area (Å²) in [6.45, 7) is 6.99. The highest BCUT2D eigenvalue weighted by Gasteiger charge is 1.80. The molecule has 0 aliphatic rings. The first-order valence-electron chi connectivity index (χ1n) is 4.23. The molecular formula is C11H18O. The summed E-state index contributed by atoms with van der Waals surface area (Å²) in [7, 11) is 1.68. The lowest BCUT2D eigenvalue weighted by Crippen LogP contribution is -1.73. The Kier molecular flexibility index (Phi) is 6.39. The van der Waals surface area contributed by atoms with Gasteiger partial charge in [0.15, 0.2) is 0 Å². The van der Waals surface area contributed by atoms with Gasteiger partial charge in [-0.3, -0.25) is 0 Å². The maximum atomic E-state index is 4.54. The fourth-order valence-corrected chi connectivity index (χ4v) is 0.807. The van der Waals surface area contributed by atoms with E-state index in [2.05, 4.69) is 42.8 Å². The van der Waals surface area contributed by atoms with Crippen molar-refractivity contribution in [3.05, 3.63) is 35.4 Å². The number of ether oxygens (including phenoxy) is 1. The largest absolute Gasteiger partial charge is 0.385 e. The van der Waals surface area contributed by atoms with Gasteiger partial charge in [-0.15, -0.1) is 0 Å². The smallest absolute Gasteiger partial charge is 0.0433 e.